The first-order valence-corrected chi connectivity index (χ1v) is 6.41. The third-order valence-corrected chi connectivity index (χ3v) is 4.56. The van der Waals surface area contributed by atoms with E-state index in [0.29, 0.717) is 11.1 Å². The molecule has 14 heavy (non-hydrogen) atoms. The Morgan fingerprint density at radius 1 is 1.43 bits per heavy atom. The van der Waals surface area contributed by atoms with Crippen LogP contribution in [0.1, 0.15) is 24.6 Å². The molecule has 72 valence electrons. The maximum atomic E-state index is 6.09. The van der Waals surface area contributed by atoms with E-state index in [-0.39, 0.29) is 0 Å². The maximum absolute atomic E-state index is 6.09. The van der Waals surface area contributed by atoms with Gasteiger partial charge in [-0.15, -0.1) is 11.3 Å². The molecular formula is C9H6BrClN2S. The lowest BCUT2D eigenvalue weighted by Gasteiger charge is -1.98. The van der Waals surface area contributed by atoms with Crippen LogP contribution in [0.25, 0.3) is 10.2 Å². The third-order valence-electron chi connectivity index (χ3n) is 2.29. The summed E-state index contributed by atoms with van der Waals surface area (Å²) in [5, 5.41) is 2.59. The number of thiophene rings is 1. The zero-order valence-electron chi connectivity index (χ0n) is 7.13. The normalized spacial score (nSPS) is 16.4. The summed E-state index contributed by atoms with van der Waals surface area (Å²) in [6.45, 7) is 0. The van der Waals surface area contributed by atoms with E-state index in [0.717, 1.165) is 20.5 Å². The first kappa shape index (κ1) is 9.07. The van der Waals surface area contributed by atoms with Crippen molar-refractivity contribution in [2.45, 2.75) is 18.8 Å². The van der Waals surface area contributed by atoms with Crippen molar-refractivity contribution in [2.24, 2.45) is 0 Å². The largest absolute Gasteiger partial charge is 0.230 e. The molecule has 0 aromatic carbocycles. The quantitative estimate of drug-likeness (QED) is 0.742. The minimum atomic E-state index is 0.545. The molecular weight excluding hydrogens is 284 g/mol. The van der Waals surface area contributed by atoms with Crippen LogP contribution in [-0.2, 0) is 0 Å². The van der Waals surface area contributed by atoms with Crippen molar-refractivity contribution >= 4 is 49.1 Å². The van der Waals surface area contributed by atoms with Gasteiger partial charge in [-0.3, -0.25) is 0 Å². The molecule has 3 rings (SSSR count). The van der Waals surface area contributed by atoms with Crippen LogP contribution >= 0.6 is 38.9 Å². The van der Waals surface area contributed by atoms with Crippen LogP contribution < -0.4 is 0 Å². The maximum Gasteiger partial charge on any atom is 0.150 e. The first-order chi connectivity index (χ1) is 6.75. The molecule has 0 unspecified atom stereocenters. The lowest BCUT2D eigenvalue weighted by Crippen LogP contribution is -1.92. The average molecular weight is 290 g/mol. The van der Waals surface area contributed by atoms with Crippen molar-refractivity contribution in [2.75, 3.05) is 0 Å². The summed E-state index contributed by atoms with van der Waals surface area (Å²) in [4.78, 5) is 8.85. The number of hydrogen-bond donors (Lipinski definition) is 0. The van der Waals surface area contributed by atoms with Crippen LogP contribution in [0.3, 0.4) is 0 Å². The van der Waals surface area contributed by atoms with Crippen molar-refractivity contribution in [3.05, 3.63) is 20.8 Å². The van der Waals surface area contributed by atoms with Gasteiger partial charge < -0.3 is 0 Å². The highest BCUT2D eigenvalue weighted by Gasteiger charge is 2.27. The second-order valence-corrected chi connectivity index (χ2v) is 5.50. The van der Waals surface area contributed by atoms with Gasteiger partial charge in [-0.2, -0.15) is 0 Å². The van der Waals surface area contributed by atoms with E-state index in [9.17, 15) is 0 Å². The summed E-state index contributed by atoms with van der Waals surface area (Å²) in [6.07, 6.45) is 2.40. The fraction of sp³-hybridized carbons (Fsp3) is 0.333. The molecule has 0 aliphatic heterocycles. The third kappa shape index (κ3) is 1.36. The molecule has 0 radical (unpaired) electrons. The summed E-state index contributed by atoms with van der Waals surface area (Å²) in [7, 11) is 0. The molecule has 5 heteroatoms. The molecule has 0 bridgehead atoms. The SMILES string of the molecule is Clc1nc(C2CC2)nc2c(Br)csc12. The molecule has 0 N–H and O–H groups in total. The van der Waals surface area contributed by atoms with Gasteiger partial charge in [0.25, 0.3) is 0 Å². The fourth-order valence-electron chi connectivity index (χ4n) is 1.40. The Labute approximate surface area is 98.5 Å². The molecule has 2 heterocycles. The Morgan fingerprint density at radius 3 is 2.93 bits per heavy atom. The summed E-state index contributed by atoms with van der Waals surface area (Å²) < 4.78 is 1.99. The Balaban J connectivity index is 2.30. The van der Waals surface area contributed by atoms with E-state index in [1.54, 1.807) is 11.3 Å². The lowest BCUT2D eigenvalue weighted by molar-refractivity contribution is 0.949. The number of nitrogens with zero attached hydrogens (tertiary/aromatic N) is 2. The highest BCUT2D eigenvalue weighted by molar-refractivity contribution is 9.10. The second kappa shape index (κ2) is 3.15. The van der Waals surface area contributed by atoms with E-state index in [4.69, 9.17) is 11.6 Å². The molecule has 2 nitrogen and oxygen atoms in total. The van der Waals surface area contributed by atoms with E-state index in [1.165, 1.54) is 12.8 Å². The number of halogens is 2. The van der Waals surface area contributed by atoms with Crippen molar-refractivity contribution in [1.29, 1.82) is 0 Å². The standard InChI is InChI=1S/C9H6BrClN2S/c10-5-3-14-7-6(5)12-9(4-1-2-4)13-8(7)11/h3-4H,1-2H2. The molecule has 0 saturated heterocycles. The van der Waals surface area contributed by atoms with Crippen molar-refractivity contribution < 1.29 is 0 Å². The van der Waals surface area contributed by atoms with Crippen LogP contribution in [0.5, 0.6) is 0 Å². The zero-order chi connectivity index (χ0) is 9.71. The summed E-state index contributed by atoms with van der Waals surface area (Å²) in [5.74, 6) is 1.45. The number of aromatic nitrogens is 2. The van der Waals surface area contributed by atoms with Gasteiger partial charge in [0.2, 0.25) is 0 Å². The summed E-state index contributed by atoms with van der Waals surface area (Å²) >= 11 is 11.1. The molecule has 0 atom stereocenters. The van der Waals surface area contributed by atoms with Gasteiger partial charge in [0.1, 0.15) is 11.3 Å². The molecule has 2 aromatic rings. The Kier molecular flexibility index (Phi) is 2.04. The summed E-state index contributed by atoms with van der Waals surface area (Å²) in [6, 6.07) is 0. The Hall–Kier alpha value is -0.190. The van der Waals surface area contributed by atoms with Gasteiger partial charge in [0, 0.05) is 11.3 Å². The van der Waals surface area contributed by atoms with Gasteiger partial charge in [-0.1, -0.05) is 11.6 Å². The summed E-state index contributed by atoms with van der Waals surface area (Å²) in [5.41, 5.74) is 0.955. The predicted molar refractivity (Wildman–Crippen MR) is 62.1 cm³/mol. The highest BCUT2D eigenvalue weighted by atomic mass is 79.9. The Morgan fingerprint density at radius 2 is 2.21 bits per heavy atom. The van der Waals surface area contributed by atoms with Crippen molar-refractivity contribution in [3.8, 4) is 0 Å². The highest BCUT2D eigenvalue weighted by Crippen LogP contribution is 2.41. The van der Waals surface area contributed by atoms with Gasteiger partial charge in [-0.05, 0) is 28.8 Å². The fourth-order valence-corrected chi connectivity index (χ4v) is 3.15. The van der Waals surface area contributed by atoms with Crippen LogP contribution in [0, 0.1) is 0 Å². The van der Waals surface area contributed by atoms with Crippen molar-refractivity contribution in [3.63, 3.8) is 0 Å². The predicted octanol–water partition coefficient (Wildman–Crippen LogP) is 3.98. The monoisotopic (exact) mass is 288 g/mol. The topological polar surface area (TPSA) is 25.8 Å². The molecule has 1 aliphatic rings. The molecule has 1 fully saturated rings. The van der Waals surface area contributed by atoms with Gasteiger partial charge in [-0.25, -0.2) is 9.97 Å². The van der Waals surface area contributed by atoms with Gasteiger partial charge in [0.15, 0.2) is 5.15 Å². The average Bonchev–Trinajstić information content (AvgIpc) is 2.93. The minimum absolute atomic E-state index is 0.545. The zero-order valence-corrected chi connectivity index (χ0v) is 10.3. The number of hydrogen-bond acceptors (Lipinski definition) is 3. The van der Waals surface area contributed by atoms with Crippen molar-refractivity contribution in [1.82, 2.24) is 9.97 Å². The van der Waals surface area contributed by atoms with Gasteiger partial charge in [0.05, 0.1) is 9.17 Å². The number of fused-ring (bicyclic) bond motifs is 1. The lowest BCUT2D eigenvalue weighted by atomic mass is 10.4. The van der Waals surface area contributed by atoms with Gasteiger partial charge >= 0.3 is 0 Å². The molecule has 1 saturated carbocycles. The van der Waals surface area contributed by atoms with E-state index in [1.807, 2.05) is 5.38 Å². The number of rotatable bonds is 1. The minimum Gasteiger partial charge on any atom is -0.230 e. The van der Waals surface area contributed by atoms with Crippen LogP contribution in [-0.4, -0.2) is 9.97 Å². The molecule has 0 amide bonds. The van der Waals surface area contributed by atoms with Crippen LogP contribution in [0.2, 0.25) is 5.15 Å². The molecule has 2 aromatic heterocycles. The van der Waals surface area contributed by atoms with E-state index < -0.39 is 0 Å². The molecule has 0 spiro atoms. The Bertz CT molecular complexity index is 507. The van der Waals surface area contributed by atoms with Crippen LogP contribution in [0.4, 0.5) is 0 Å². The van der Waals surface area contributed by atoms with E-state index >= 15 is 0 Å². The second-order valence-electron chi connectivity index (χ2n) is 3.41. The van der Waals surface area contributed by atoms with Crippen LogP contribution in [0.15, 0.2) is 9.85 Å². The first-order valence-electron chi connectivity index (χ1n) is 4.36. The van der Waals surface area contributed by atoms with E-state index in [2.05, 4.69) is 25.9 Å². The smallest absolute Gasteiger partial charge is 0.150 e. The molecule has 1 aliphatic carbocycles.